The molecule has 1 aliphatic heterocycles. The Morgan fingerprint density at radius 2 is 2.18 bits per heavy atom. The summed E-state index contributed by atoms with van der Waals surface area (Å²) in [7, 11) is 0. The van der Waals surface area contributed by atoms with Crippen LogP contribution in [-0.4, -0.2) is 29.9 Å². The van der Waals surface area contributed by atoms with E-state index in [4.69, 9.17) is 5.73 Å². The SMILES string of the molecule is CCCC1(C)CCCN(C(=O)CC(C)N)C1.Cl. The Morgan fingerprint density at radius 3 is 2.71 bits per heavy atom. The second-order valence-electron chi connectivity index (χ2n) is 5.66. The van der Waals surface area contributed by atoms with Crippen LogP contribution in [0.5, 0.6) is 0 Å². The summed E-state index contributed by atoms with van der Waals surface area (Å²) in [6.07, 6.45) is 5.30. The van der Waals surface area contributed by atoms with E-state index in [0.29, 0.717) is 11.8 Å². The van der Waals surface area contributed by atoms with Gasteiger partial charge in [0.2, 0.25) is 5.91 Å². The van der Waals surface area contributed by atoms with Gasteiger partial charge >= 0.3 is 0 Å². The van der Waals surface area contributed by atoms with Crippen molar-refractivity contribution >= 4 is 18.3 Å². The molecule has 0 spiro atoms. The third-order valence-electron chi connectivity index (χ3n) is 3.48. The van der Waals surface area contributed by atoms with Gasteiger partial charge in [0.15, 0.2) is 0 Å². The van der Waals surface area contributed by atoms with Gasteiger partial charge in [0.1, 0.15) is 0 Å². The summed E-state index contributed by atoms with van der Waals surface area (Å²) in [6, 6.07) is -0.0214. The van der Waals surface area contributed by atoms with E-state index in [1.165, 1.54) is 19.3 Å². The average Bonchev–Trinajstić information content (AvgIpc) is 2.16. The van der Waals surface area contributed by atoms with E-state index in [-0.39, 0.29) is 24.4 Å². The highest BCUT2D eigenvalue weighted by atomic mass is 35.5. The molecule has 0 radical (unpaired) electrons. The topological polar surface area (TPSA) is 46.3 Å². The lowest BCUT2D eigenvalue weighted by molar-refractivity contribution is -0.134. The zero-order valence-electron chi connectivity index (χ0n) is 11.4. The second-order valence-corrected chi connectivity index (χ2v) is 5.66. The molecule has 4 heteroatoms. The normalized spacial score (nSPS) is 26.2. The summed E-state index contributed by atoms with van der Waals surface area (Å²) in [4.78, 5) is 14.0. The first-order valence-corrected chi connectivity index (χ1v) is 6.50. The van der Waals surface area contributed by atoms with Gasteiger partial charge in [-0.2, -0.15) is 0 Å². The lowest BCUT2D eigenvalue weighted by Crippen LogP contribution is -2.46. The number of hydrogen-bond donors (Lipinski definition) is 1. The maximum atomic E-state index is 11.9. The maximum Gasteiger partial charge on any atom is 0.224 e. The van der Waals surface area contributed by atoms with Crippen LogP contribution in [0.1, 0.15) is 52.9 Å². The quantitative estimate of drug-likeness (QED) is 0.847. The Morgan fingerprint density at radius 1 is 1.53 bits per heavy atom. The Hall–Kier alpha value is -0.280. The van der Waals surface area contributed by atoms with E-state index in [2.05, 4.69) is 13.8 Å². The van der Waals surface area contributed by atoms with Crippen molar-refractivity contribution in [3.05, 3.63) is 0 Å². The minimum absolute atomic E-state index is 0. The maximum absolute atomic E-state index is 11.9. The Kier molecular flexibility index (Phi) is 7.10. The third-order valence-corrected chi connectivity index (χ3v) is 3.48. The van der Waals surface area contributed by atoms with Gasteiger partial charge in [-0.3, -0.25) is 4.79 Å². The van der Waals surface area contributed by atoms with E-state index in [1.807, 2.05) is 11.8 Å². The molecule has 2 atom stereocenters. The van der Waals surface area contributed by atoms with Crippen LogP contribution in [0.3, 0.4) is 0 Å². The molecule has 102 valence electrons. The second kappa shape index (κ2) is 7.22. The lowest BCUT2D eigenvalue weighted by Gasteiger charge is -2.40. The third kappa shape index (κ3) is 5.26. The first kappa shape index (κ1) is 16.7. The van der Waals surface area contributed by atoms with E-state index in [1.54, 1.807) is 0 Å². The fraction of sp³-hybridized carbons (Fsp3) is 0.923. The molecule has 1 heterocycles. The fourth-order valence-electron chi connectivity index (χ4n) is 2.74. The fourth-order valence-corrected chi connectivity index (χ4v) is 2.74. The van der Waals surface area contributed by atoms with Crippen LogP contribution in [0.4, 0.5) is 0 Å². The van der Waals surface area contributed by atoms with Gasteiger partial charge in [0, 0.05) is 25.6 Å². The molecule has 2 N–H and O–H groups in total. The summed E-state index contributed by atoms with van der Waals surface area (Å²) in [5, 5.41) is 0. The molecular weight excluding hydrogens is 236 g/mol. The van der Waals surface area contributed by atoms with Gasteiger partial charge in [-0.1, -0.05) is 20.3 Å². The van der Waals surface area contributed by atoms with E-state index < -0.39 is 0 Å². The van der Waals surface area contributed by atoms with Crippen molar-refractivity contribution in [2.75, 3.05) is 13.1 Å². The van der Waals surface area contributed by atoms with Gasteiger partial charge in [0.05, 0.1) is 0 Å². The molecule has 1 aliphatic rings. The smallest absolute Gasteiger partial charge is 0.224 e. The zero-order valence-corrected chi connectivity index (χ0v) is 12.2. The van der Waals surface area contributed by atoms with E-state index >= 15 is 0 Å². The number of carbonyl (C=O) groups excluding carboxylic acids is 1. The van der Waals surface area contributed by atoms with Crippen LogP contribution in [-0.2, 0) is 4.79 Å². The highest BCUT2D eigenvalue weighted by Crippen LogP contribution is 2.34. The van der Waals surface area contributed by atoms with Crippen LogP contribution in [0, 0.1) is 5.41 Å². The van der Waals surface area contributed by atoms with Crippen LogP contribution in [0.25, 0.3) is 0 Å². The Balaban J connectivity index is 0.00000256. The Labute approximate surface area is 112 Å². The standard InChI is InChI=1S/C13H26N2O.ClH/c1-4-6-13(3)7-5-8-15(10-13)12(16)9-11(2)14;/h11H,4-10,14H2,1-3H3;1H. The molecule has 2 unspecified atom stereocenters. The molecule has 0 aromatic heterocycles. The minimum Gasteiger partial charge on any atom is -0.342 e. The number of halogens is 1. The van der Waals surface area contributed by atoms with Crippen molar-refractivity contribution in [2.45, 2.75) is 58.9 Å². The number of likely N-dealkylation sites (tertiary alicyclic amines) is 1. The summed E-state index contributed by atoms with van der Waals surface area (Å²) in [6.45, 7) is 8.26. The monoisotopic (exact) mass is 262 g/mol. The summed E-state index contributed by atoms with van der Waals surface area (Å²) in [5.41, 5.74) is 6.01. The van der Waals surface area contributed by atoms with Gasteiger partial charge < -0.3 is 10.6 Å². The van der Waals surface area contributed by atoms with Crippen molar-refractivity contribution < 1.29 is 4.79 Å². The predicted molar refractivity (Wildman–Crippen MR) is 74.3 cm³/mol. The van der Waals surface area contributed by atoms with Gasteiger partial charge in [0.25, 0.3) is 0 Å². The molecule has 1 fully saturated rings. The number of amides is 1. The highest BCUT2D eigenvalue weighted by molar-refractivity contribution is 5.85. The van der Waals surface area contributed by atoms with Gasteiger partial charge in [-0.25, -0.2) is 0 Å². The predicted octanol–water partition coefficient (Wildman–Crippen LogP) is 2.57. The van der Waals surface area contributed by atoms with Gasteiger partial charge in [-0.05, 0) is 31.6 Å². The van der Waals surface area contributed by atoms with Gasteiger partial charge in [-0.15, -0.1) is 12.4 Å². The van der Waals surface area contributed by atoms with Crippen LogP contribution in [0.2, 0.25) is 0 Å². The molecular formula is C13H27ClN2O. The van der Waals surface area contributed by atoms with Crippen molar-refractivity contribution in [2.24, 2.45) is 11.1 Å². The molecule has 17 heavy (non-hydrogen) atoms. The lowest BCUT2D eigenvalue weighted by atomic mass is 9.78. The molecule has 1 rings (SSSR count). The minimum atomic E-state index is -0.0214. The van der Waals surface area contributed by atoms with E-state index in [0.717, 1.165) is 19.5 Å². The molecule has 3 nitrogen and oxygen atoms in total. The molecule has 1 saturated heterocycles. The molecule has 0 saturated carbocycles. The summed E-state index contributed by atoms with van der Waals surface area (Å²) >= 11 is 0. The molecule has 0 aromatic carbocycles. The highest BCUT2D eigenvalue weighted by Gasteiger charge is 2.32. The van der Waals surface area contributed by atoms with E-state index in [9.17, 15) is 4.79 Å². The van der Waals surface area contributed by atoms with Crippen molar-refractivity contribution in [3.8, 4) is 0 Å². The molecule has 0 aromatic rings. The van der Waals surface area contributed by atoms with Crippen molar-refractivity contribution in [1.82, 2.24) is 4.90 Å². The first-order chi connectivity index (χ1) is 7.47. The molecule has 0 aliphatic carbocycles. The molecule has 0 bridgehead atoms. The Bertz CT molecular complexity index is 242. The first-order valence-electron chi connectivity index (χ1n) is 6.50. The summed E-state index contributed by atoms with van der Waals surface area (Å²) in [5.74, 6) is 0.233. The number of carbonyl (C=O) groups is 1. The van der Waals surface area contributed by atoms with Crippen molar-refractivity contribution in [3.63, 3.8) is 0 Å². The zero-order chi connectivity index (χ0) is 12.2. The van der Waals surface area contributed by atoms with Crippen LogP contribution >= 0.6 is 12.4 Å². The largest absolute Gasteiger partial charge is 0.342 e. The van der Waals surface area contributed by atoms with Crippen LogP contribution < -0.4 is 5.73 Å². The number of rotatable bonds is 4. The molecule has 1 amide bonds. The average molecular weight is 263 g/mol. The van der Waals surface area contributed by atoms with Crippen molar-refractivity contribution in [1.29, 1.82) is 0 Å². The van der Waals surface area contributed by atoms with Crippen LogP contribution in [0.15, 0.2) is 0 Å². The number of piperidine rings is 1. The number of hydrogen-bond acceptors (Lipinski definition) is 2. The number of nitrogens with zero attached hydrogens (tertiary/aromatic N) is 1. The summed E-state index contributed by atoms with van der Waals surface area (Å²) < 4.78 is 0. The number of nitrogens with two attached hydrogens (primary N) is 1.